The summed E-state index contributed by atoms with van der Waals surface area (Å²) in [6.07, 6.45) is 6.63. The number of carbonyl (C=O) groups is 1. The average molecular weight is 438 g/mol. The lowest BCUT2D eigenvalue weighted by atomic mass is 9.59. The van der Waals surface area contributed by atoms with E-state index in [2.05, 4.69) is 53.8 Å². The number of ketones is 1. The highest BCUT2D eigenvalue weighted by molar-refractivity contribution is 6.00. The molecule has 0 saturated heterocycles. The average Bonchev–Trinajstić information content (AvgIpc) is 3.21. The molecule has 2 fully saturated rings. The lowest BCUT2D eigenvalue weighted by molar-refractivity contribution is 0.0856. The molecule has 168 valence electrons. The van der Waals surface area contributed by atoms with Crippen LogP contribution in [0.5, 0.6) is 5.75 Å². The molecule has 0 radical (unpaired) electrons. The van der Waals surface area contributed by atoms with E-state index in [-0.39, 0.29) is 28.6 Å². The van der Waals surface area contributed by atoms with Crippen LogP contribution in [-0.2, 0) is 5.41 Å². The van der Waals surface area contributed by atoms with Gasteiger partial charge in [0.15, 0.2) is 5.78 Å². The normalized spacial score (nSPS) is 29.8. The van der Waals surface area contributed by atoms with Crippen molar-refractivity contribution in [3.8, 4) is 5.75 Å². The highest BCUT2D eigenvalue weighted by atomic mass is 16.5. The molecule has 33 heavy (non-hydrogen) atoms. The van der Waals surface area contributed by atoms with Gasteiger partial charge < -0.3 is 10.1 Å². The Morgan fingerprint density at radius 2 is 1.61 bits per heavy atom. The number of ether oxygens (including phenoxy) is 1. The zero-order chi connectivity index (χ0) is 22.5. The largest absolute Gasteiger partial charge is 0.497 e. The van der Waals surface area contributed by atoms with Crippen molar-refractivity contribution >= 4 is 11.5 Å². The van der Waals surface area contributed by atoms with Gasteiger partial charge in [-0.3, -0.25) is 4.79 Å². The van der Waals surface area contributed by atoms with Crippen molar-refractivity contribution in [3.05, 3.63) is 95.6 Å². The van der Waals surface area contributed by atoms with Gasteiger partial charge in [0.2, 0.25) is 0 Å². The van der Waals surface area contributed by atoms with Gasteiger partial charge in [0.1, 0.15) is 5.75 Å². The minimum absolute atomic E-state index is 0.0579. The van der Waals surface area contributed by atoms with Crippen molar-refractivity contribution in [2.45, 2.75) is 55.4 Å². The molecule has 1 heterocycles. The van der Waals surface area contributed by atoms with Crippen LogP contribution in [-0.4, -0.2) is 18.4 Å². The number of anilines is 1. The van der Waals surface area contributed by atoms with Gasteiger partial charge in [-0.05, 0) is 54.5 Å². The Balaban J connectivity index is 1.57. The standard InChI is InChI=1S/C30H31NO2/c1-33-23-16-14-21(15-17-23)25-20-26(28(32)22-10-4-2-5-11-22)30-19-9-3-8-18-29(25,30)24-12-6-7-13-27(24)31-30/h2,4-7,10-17,25-26,31H,3,8-9,18-20H2,1H3/t25-,26+,29+,30+/m0/s1. The number of para-hydroxylation sites is 1. The molecule has 3 aliphatic rings. The molecule has 3 nitrogen and oxygen atoms in total. The summed E-state index contributed by atoms with van der Waals surface area (Å²) in [5.41, 5.74) is 4.47. The number of nitrogens with one attached hydrogen (secondary N) is 1. The molecule has 3 aromatic rings. The van der Waals surface area contributed by atoms with Crippen LogP contribution in [0.25, 0.3) is 0 Å². The molecule has 3 heteroatoms. The van der Waals surface area contributed by atoms with E-state index in [0.29, 0.717) is 0 Å². The van der Waals surface area contributed by atoms with Gasteiger partial charge in [-0.1, -0.05) is 79.9 Å². The number of rotatable bonds is 4. The van der Waals surface area contributed by atoms with E-state index in [1.54, 1.807) is 7.11 Å². The molecule has 1 aliphatic heterocycles. The molecule has 0 amide bonds. The first-order valence-corrected chi connectivity index (χ1v) is 12.3. The first kappa shape index (κ1) is 20.5. The maximum absolute atomic E-state index is 14.1. The molecule has 3 aromatic carbocycles. The second kappa shape index (κ2) is 7.76. The molecular formula is C30H31NO2. The molecule has 2 saturated carbocycles. The third-order valence-electron chi connectivity index (χ3n) is 8.76. The minimum atomic E-state index is -0.245. The van der Waals surface area contributed by atoms with Crippen molar-refractivity contribution in [1.82, 2.24) is 0 Å². The Labute approximate surface area is 196 Å². The predicted molar refractivity (Wildman–Crippen MR) is 132 cm³/mol. The summed E-state index contributed by atoms with van der Waals surface area (Å²) < 4.78 is 5.45. The predicted octanol–water partition coefficient (Wildman–Crippen LogP) is 6.75. The van der Waals surface area contributed by atoms with E-state index in [1.165, 1.54) is 29.7 Å². The van der Waals surface area contributed by atoms with Gasteiger partial charge in [-0.2, -0.15) is 0 Å². The number of fused-ring (bicyclic) bond motifs is 1. The monoisotopic (exact) mass is 437 g/mol. The number of methoxy groups -OCH3 is 1. The Hall–Kier alpha value is -3.07. The van der Waals surface area contributed by atoms with Crippen LogP contribution in [0.15, 0.2) is 78.9 Å². The van der Waals surface area contributed by atoms with Crippen LogP contribution in [0.2, 0.25) is 0 Å². The van der Waals surface area contributed by atoms with Gasteiger partial charge in [0, 0.05) is 22.6 Å². The van der Waals surface area contributed by atoms with Gasteiger partial charge in [0.25, 0.3) is 0 Å². The molecule has 0 unspecified atom stereocenters. The summed E-state index contributed by atoms with van der Waals surface area (Å²) in [5, 5.41) is 4.02. The number of hydrogen-bond acceptors (Lipinski definition) is 3. The second-order valence-electron chi connectivity index (χ2n) is 10.0. The fourth-order valence-corrected chi connectivity index (χ4v) is 7.48. The fourth-order valence-electron chi connectivity index (χ4n) is 7.48. The number of carbonyl (C=O) groups excluding carboxylic acids is 1. The van der Waals surface area contributed by atoms with Crippen LogP contribution in [0.4, 0.5) is 5.69 Å². The number of Topliss-reactive ketones (excluding diaryl/α,β-unsaturated/α-hetero) is 1. The summed E-state index contributed by atoms with van der Waals surface area (Å²) in [7, 11) is 1.71. The maximum Gasteiger partial charge on any atom is 0.168 e. The van der Waals surface area contributed by atoms with Gasteiger partial charge in [-0.25, -0.2) is 0 Å². The van der Waals surface area contributed by atoms with Gasteiger partial charge in [-0.15, -0.1) is 0 Å². The highest BCUT2D eigenvalue weighted by Gasteiger charge is 2.70. The van der Waals surface area contributed by atoms with Crippen LogP contribution in [0.3, 0.4) is 0 Å². The molecule has 2 aliphatic carbocycles. The summed E-state index contributed by atoms with van der Waals surface area (Å²) >= 11 is 0. The second-order valence-corrected chi connectivity index (χ2v) is 10.0. The van der Waals surface area contributed by atoms with Crippen molar-refractivity contribution in [1.29, 1.82) is 0 Å². The molecule has 4 atom stereocenters. The van der Waals surface area contributed by atoms with Crippen LogP contribution in [0.1, 0.15) is 65.9 Å². The molecule has 6 rings (SSSR count). The minimum Gasteiger partial charge on any atom is -0.497 e. The zero-order valence-electron chi connectivity index (χ0n) is 19.2. The highest BCUT2D eigenvalue weighted by Crippen LogP contribution is 2.69. The van der Waals surface area contributed by atoms with E-state index in [9.17, 15) is 4.79 Å². The van der Waals surface area contributed by atoms with Crippen molar-refractivity contribution in [2.75, 3.05) is 12.4 Å². The van der Waals surface area contributed by atoms with Crippen molar-refractivity contribution in [3.63, 3.8) is 0 Å². The number of benzene rings is 3. The number of hydrogen-bond donors (Lipinski definition) is 1. The molecular weight excluding hydrogens is 406 g/mol. The lowest BCUT2D eigenvalue weighted by Gasteiger charge is -2.45. The SMILES string of the molecule is COc1ccc([C@@H]2C[C@H](C(=O)c3ccccc3)[C@]34CCCCC[C@@]23c2ccccc2N4)cc1. The molecule has 0 bridgehead atoms. The summed E-state index contributed by atoms with van der Waals surface area (Å²) in [4.78, 5) is 14.1. The quantitative estimate of drug-likeness (QED) is 0.459. The summed E-state index contributed by atoms with van der Waals surface area (Å²) in [6.45, 7) is 0. The Morgan fingerprint density at radius 3 is 2.39 bits per heavy atom. The van der Waals surface area contributed by atoms with E-state index in [1.807, 2.05) is 30.3 Å². The lowest BCUT2D eigenvalue weighted by Crippen LogP contribution is -2.55. The molecule has 0 aromatic heterocycles. The third kappa shape index (κ3) is 2.84. The zero-order valence-corrected chi connectivity index (χ0v) is 19.2. The van der Waals surface area contributed by atoms with E-state index >= 15 is 0 Å². The Bertz CT molecular complexity index is 1170. The van der Waals surface area contributed by atoms with Gasteiger partial charge in [0.05, 0.1) is 12.6 Å². The maximum atomic E-state index is 14.1. The summed E-state index contributed by atoms with van der Waals surface area (Å²) in [6, 6.07) is 27.4. The first-order chi connectivity index (χ1) is 16.2. The third-order valence-corrected chi connectivity index (χ3v) is 8.76. The van der Waals surface area contributed by atoms with Crippen molar-refractivity contribution < 1.29 is 9.53 Å². The van der Waals surface area contributed by atoms with E-state index in [4.69, 9.17) is 4.74 Å². The van der Waals surface area contributed by atoms with Crippen LogP contribution in [0, 0.1) is 5.92 Å². The van der Waals surface area contributed by atoms with Crippen molar-refractivity contribution in [2.24, 2.45) is 5.92 Å². The van der Waals surface area contributed by atoms with Crippen LogP contribution < -0.4 is 10.1 Å². The first-order valence-electron chi connectivity index (χ1n) is 12.3. The Morgan fingerprint density at radius 1 is 0.879 bits per heavy atom. The fraction of sp³-hybridized carbons (Fsp3) is 0.367. The van der Waals surface area contributed by atoms with E-state index < -0.39 is 0 Å². The smallest absolute Gasteiger partial charge is 0.168 e. The van der Waals surface area contributed by atoms with Crippen LogP contribution >= 0.6 is 0 Å². The molecule has 1 N–H and O–H groups in total. The Kier molecular flexibility index (Phi) is 4.83. The summed E-state index contributed by atoms with van der Waals surface area (Å²) in [5.74, 6) is 1.40. The van der Waals surface area contributed by atoms with Gasteiger partial charge >= 0.3 is 0 Å². The van der Waals surface area contributed by atoms with E-state index in [0.717, 1.165) is 37.0 Å². The molecule has 0 spiro atoms. The topological polar surface area (TPSA) is 38.3 Å².